The van der Waals surface area contributed by atoms with E-state index in [1.807, 2.05) is 24.3 Å². The van der Waals surface area contributed by atoms with Gasteiger partial charge in [0.05, 0.1) is 11.7 Å². The van der Waals surface area contributed by atoms with Crippen molar-refractivity contribution in [2.24, 2.45) is 0 Å². The summed E-state index contributed by atoms with van der Waals surface area (Å²) in [5.41, 5.74) is 0.207. The zero-order valence-electron chi connectivity index (χ0n) is 13.0. The number of amides is 1. The minimum atomic E-state index is -1.21. The van der Waals surface area contributed by atoms with Gasteiger partial charge in [-0.3, -0.25) is 4.79 Å². The van der Waals surface area contributed by atoms with Crippen molar-refractivity contribution in [1.82, 2.24) is 5.32 Å². The van der Waals surface area contributed by atoms with Crippen LogP contribution in [0.15, 0.2) is 54.6 Å². The first-order chi connectivity index (χ1) is 12.0. The summed E-state index contributed by atoms with van der Waals surface area (Å²) in [7, 11) is 0. The van der Waals surface area contributed by atoms with Gasteiger partial charge in [-0.25, -0.2) is 8.78 Å². The second-order valence-electron chi connectivity index (χ2n) is 5.62. The molecule has 0 radical (unpaired) electrons. The summed E-state index contributed by atoms with van der Waals surface area (Å²) in [6.07, 6.45) is -1.21. The summed E-state index contributed by atoms with van der Waals surface area (Å²) in [4.78, 5) is 12.2. The molecule has 0 aromatic heterocycles. The van der Waals surface area contributed by atoms with Crippen LogP contribution in [0.1, 0.15) is 22.0 Å². The lowest BCUT2D eigenvalue weighted by molar-refractivity contribution is 0.0913. The maximum atomic E-state index is 13.2. The molecule has 4 nitrogen and oxygen atoms in total. The second-order valence-corrected chi connectivity index (χ2v) is 5.62. The Labute approximate surface area is 142 Å². The van der Waals surface area contributed by atoms with E-state index >= 15 is 0 Å². The van der Waals surface area contributed by atoms with E-state index in [9.17, 15) is 23.8 Å². The third-order valence-electron chi connectivity index (χ3n) is 3.89. The van der Waals surface area contributed by atoms with Crippen molar-refractivity contribution < 1.29 is 23.8 Å². The molecule has 0 spiro atoms. The highest BCUT2D eigenvalue weighted by Gasteiger charge is 2.16. The van der Waals surface area contributed by atoms with Crippen molar-refractivity contribution in [2.45, 2.75) is 6.10 Å². The molecular weight excluding hydrogens is 328 g/mol. The van der Waals surface area contributed by atoms with Gasteiger partial charge in [0, 0.05) is 6.54 Å². The lowest BCUT2D eigenvalue weighted by Crippen LogP contribution is -2.28. The van der Waals surface area contributed by atoms with E-state index in [-0.39, 0.29) is 23.4 Å². The van der Waals surface area contributed by atoms with Crippen LogP contribution in [-0.2, 0) is 0 Å². The fourth-order valence-corrected chi connectivity index (χ4v) is 2.53. The standard InChI is InChI=1S/C19H15F2NO3/c20-15-6-5-13(8-16(15)21)18(24)10-22-19(25)14-7-11-3-1-2-4-12(11)9-17(14)23/h1-9,18,23-24H,10H2,(H,22,25). The number of rotatable bonds is 4. The van der Waals surface area contributed by atoms with Gasteiger partial charge in [-0.15, -0.1) is 0 Å². The monoisotopic (exact) mass is 343 g/mol. The van der Waals surface area contributed by atoms with E-state index < -0.39 is 23.6 Å². The number of benzene rings is 3. The van der Waals surface area contributed by atoms with Gasteiger partial charge in [0.1, 0.15) is 5.75 Å². The SMILES string of the molecule is O=C(NCC(O)c1ccc(F)c(F)c1)c1cc2ccccc2cc1O. The highest BCUT2D eigenvalue weighted by Crippen LogP contribution is 2.25. The van der Waals surface area contributed by atoms with E-state index in [0.717, 1.165) is 22.9 Å². The van der Waals surface area contributed by atoms with Gasteiger partial charge in [0.25, 0.3) is 5.91 Å². The number of phenolic OH excluding ortho intramolecular Hbond substituents is 1. The molecule has 1 amide bonds. The molecule has 0 saturated heterocycles. The van der Waals surface area contributed by atoms with Crippen molar-refractivity contribution in [1.29, 1.82) is 0 Å². The quantitative estimate of drug-likeness (QED) is 0.681. The summed E-state index contributed by atoms with van der Waals surface area (Å²) < 4.78 is 26.1. The molecule has 3 aromatic rings. The Morgan fingerprint density at radius 2 is 1.68 bits per heavy atom. The number of aliphatic hydroxyl groups excluding tert-OH is 1. The van der Waals surface area contributed by atoms with Crippen molar-refractivity contribution in [3.05, 3.63) is 77.4 Å². The summed E-state index contributed by atoms with van der Waals surface area (Å²) in [6, 6.07) is 13.3. The molecule has 0 aliphatic carbocycles. The Morgan fingerprint density at radius 3 is 2.36 bits per heavy atom. The normalized spacial score (nSPS) is 12.1. The number of hydrogen-bond donors (Lipinski definition) is 3. The molecule has 25 heavy (non-hydrogen) atoms. The van der Waals surface area contributed by atoms with Gasteiger partial charge in [-0.05, 0) is 40.6 Å². The molecule has 3 aromatic carbocycles. The first-order valence-electron chi connectivity index (χ1n) is 7.58. The predicted octanol–water partition coefficient (Wildman–Crippen LogP) is 3.29. The average molecular weight is 343 g/mol. The Bertz CT molecular complexity index is 943. The molecular formula is C19H15F2NO3. The topological polar surface area (TPSA) is 69.6 Å². The van der Waals surface area contributed by atoms with Crippen molar-refractivity contribution >= 4 is 16.7 Å². The molecule has 0 aliphatic rings. The van der Waals surface area contributed by atoms with Crippen LogP contribution in [-0.4, -0.2) is 22.7 Å². The number of carbonyl (C=O) groups is 1. The number of aliphatic hydroxyl groups is 1. The van der Waals surface area contributed by atoms with Gasteiger partial charge in [0.2, 0.25) is 0 Å². The zero-order chi connectivity index (χ0) is 18.0. The summed E-state index contributed by atoms with van der Waals surface area (Å²) >= 11 is 0. The smallest absolute Gasteiger partial charge is 0.255 e. The predicted molar refractivity (Wildman–Crippen MR) is 89.3 cm³/mol. The minimum absolute atomic E-state index is 0.0659. The van der Waals surface area contributed by atoms with Crippen LogP contribution in [0, 0.1) is 11.6 Å². The van der Waals surface area contributed by atoms with Crippen molar-refractivity contribution in [3.8, 4) is 5.75 Å². The molecule has 128 valence electrons. The number of halogens is 2. The molecule has 0 bridgehead atoms. The van der Waals surface area contributed by atoms with Gasteiger partial charge in [-0.2, -0.15) is 0 Å². The summed E-state index contributed by atoms with van der Waals surface area (Å²) in [5, 5.41) is 24.1. The Balaban J connectivity index is 1.74. The Morgan fingerprint density at radius 1 is 1.00 bits per heavy atom. The van der Waals surface area contributed by atoms with Gasteiger partial charge in [-0.1, -0.05) is 30.3 Å². The lowest BCUT2D eigenvalue weighted by atomic mass is 10.0. The molecule has 0 heterocycles. The van der Waals surface area contributed by atoms with Crippen LogP contribution in [0.4, 0.5) is 8.78 Å². The molecule has 0 fully saturated rings. The Hall–Kier alpha value is -2.99. The second kappa shape index (κ2) is 6.86. The average Bonchev–Trinajstić information content (AvgIpc) is 2.61. The fourth-order valence-electron chi connectivity index (χ4n) is 2.53. The fraction of sp³-hybridized carbons (Fsp3) is 0.105. The van der Waals surface area contributed by atoms with E-state index in [0.29, 0.717) is 0 Å². The third kappa shape index (κ3) is 3.59. The number of aromatic hydroxyl groups is 1. The van der Waals surface area contributed by atoms with Crippen molar-refractivity contribution in [3.63, 3.8) is 0 Å². The Kier molecular flexibility index (Phi) is 4.63. The van der Waals surface area contributed by atoms with Crippen LogP contribution >= 0.6 is 0 Å². The van der Waals surface area contributed by atoms with Crippen molar-refractivity contribution in [2.75, 3.05) is 6.54 Å². The number of carbonyl (C=O) groups excluding carboxylic acids is 1. The maximum Gasteiger partial charge on any atom is 0.255 e. The number of phenols is 1. The van der Waals surface area contributed by atoms with E-state index in [4.69, 9.17) is 0 Å². The number of nitrogens with one attached hydrogen (secondary N) is 1. The van der Waals surface area contributed by atoms with E-state index in [1.54, 1.807) is 6.07 Å². The molecule has 3 N–H and O–H groups in total. The number of fused-ring (bicyclic) bond motifs is 1. The molecule has 3 rings (SSSR count). The summed E-state index contributed by atoms with van der Waals surface area (Å²) in [5.74, 6) is -2.85. The number of hydrogen-bond acceptors (Lipinski definition) is 3. The van der Waals surface area contributed by atoms with Gasteiger partial charge < -0.3 is 15.5 Å². The van der Waals surface area contributed by atoms with Crippen LogP contribution in [0.2, 0.25) is 0 Å². The largest absolute Gasteiger partial charge is 0.507 e. The van der Waals surface area contributed by atoms with E-state index in [1.165, 1.54) is 12.1 Å². The van der Waals surface area contributed by atoms with Crippen LogP contribution in [0.25, 0.3) is 10.8 Å². The first kappa shape index (κ1) is 16.9. The summed E-state index contributed by atoms with van der Waals surface area (Å²) in [6.45, 7) is -0.212. The van der Waals surface area contributed by atoms with Crippen LogP contribution < -0.4 is 5.32 Å². The van der Waals surface area contributed by atoms with Crippen LogP contribution in [0.3, 0.4) is 0 Å². The molecule has 0 aliphatic heterocycles. The van der Waals surface area contributed by atoms with Gasteiger partial charge in [0.15, 0.2) is 11.6 Å². The maximum absolute atomic E-state index is 13.2. The third-order valence-corrected chi connectivity index (χ3v) is 3.89. The van der Waals surface area contributed by atoms with Gasteiger partial charge >= 0.3 is 0 Å². The zero-order valence-corrected chi connectivity index (χ0v) is 13.0. The highest BCUT2D eigenvalue weighted by atomic mass is 19.2. The molecule has 6 heteroatoms. The highest BCUT2D eigenvalue weighted by molar-refractivity contribution is 6.01. The minimum Gasteiger partial charge on any atom is -0.507 e. The first-order valence-corrected chi connectivity index (χ1v) is 7.58. The molecule has 1 atom stereocenters. The van der Waals surface area contributed by atoms with E-state index in [2.05, 4.69) is 5.32 Å². The molecule has 1 unspecified atom stereocenters. The lowest BCUT2D eigenvalue weighted by Gasteiger charge is -2.13. The van der Waals surface area contributed by atoms with Crippen LogP contribution in [0.5, 0.6) is 5.75 Å². The molecule has 0 saturated carbocycles.